The summed E-state index contributed by atoms with van der Waals surface area (Å²) in [6.07, 6.45) is 0. The maximum atomic E-state index is 12.4. The Morgan fingerprint density at radius 3 is 2.62 bits per heavy atom. The second-order valence-electron chi connectivity index (χ2n) is 6.76. The predicted molar refractivity (Wildman–Crippen MR) is 116 cm³/mol. The number of rotatable bonds is 5. The first kappa shape index (κ1) is 19.5. The Hall–Kier alpha value is -2.84. The molecule has 3 aromatic rings. The normalized spacial score (nSPS) is 14.2. The monoisotopic (exact) mass is 410 g/mol. The molecule has 1 N–H and O–H groups in total. The fourth-order valence-corrected chi connectivity index (χ4v) is 4.00. The number of thioether (sulfide) groups is 1. The summed E-state index contributed by atoms with van der Waals surface area (Å²) >= 11 is 1.25. The minimum absolute atomic E-state index is 0.114. The van der Waals surface area contributed by atoms with Gasteiger partial charge in [-0.1, -0.05) is 23.9 Å². The van der Waals surface area contributed by atoms with E-state index in [-0.39, 0.29) is 17.2 Å². The average molecular weight is 410 g/mol. The summed E-state index contributed by atoms with van der Waals surface area (Å²) < 4.78 is 6.86. The van der Waals surface area contributed by atoms with Crippen LogP contribution in [0.1, 0.15) is 0 Å². The Balaban J connectivity index is 1.38. The van der Waals surface area contributed by atoms with Crippen LogP contribution in [0, 0.1) is 0 Å². The van der Waals surface area contributed by atoms with Crippen molar-refractivity contribution in [3.8, 4) is 0 Å². The van der Waals surface area contributed by atoms with E-state index in [0.29, 0.717) is 16.1 Å². The van der Waals surface area contributed by atoms with Crippen molar-refractivity contribution < 1.29 is 9.53 Å². The van der Waals surface area contributed by atoms with E-state index in [1.807, 2.05) is 36.4 Å². The van der Waals surface area contributed by atoms with Gasteiger partial charge < -0.3 is 15.0 Å². The molecule has 1 aliphatic heterocycles. The van der Waals surface area contributed by atoms with Crippen molar-refractivity contribution in [1.82, 2.24) is 9.55 Å². The third-order valence-electron chi connectivity index (χ3n) is 4.80. The minimum atomic E-state index is -0.142. The highest BCUT2D eigenvalue weighted by Gasteiger charge is 2.13. The Morgan fingerprint density at radius 1 is 1.14 bits per heavy atom. The summed E-state index contributed by atoms with van der Waals surface area (Å²) in [6.45, 7) is 3.22. The van der Waals surface area contributed by atoms with Crippen molar-refractivity contribution in [2.75, 3.05) is 42.3 Å². The molecule has 2 heterocycles. The second-order valence-corrected chi connectivity index (χ2v) is 7.70. The zero-order valence-electron chi connectivity index (χ0n) is 16.1. The first-order chi connectivity index (χ1) is 14.1. The summed E-state index contributed by atoms with van der Waals surface area (Å²) in [5.41, 5.74) is 2.39. The molecule has 0 bridgehead atoms. The molecule has 0 spiro atoms. The van der Waals surface area contributed by atoms with Crippen molar-refractivity contribution in [3.63, 3.8) is 0 Å². The van der Waals surface area contributed by atoms with Gasteiger partial charge in [-0.05, 0) is 36.4 Å². The van der Waals surface area contributed by atoms with Crippen LogP contribution in [0.25, 0.3) is 10.9 Å². The van der Waals surface area contributed by atoms with Gasteiger partial charge in [0.25, 0.3) is 5.56 Å². The lowest BCUT2D eigenvalue weighted by atomic mass is 10.2. The molecule has 0 unspecified atom stereocenters. The highest BCUT2D eigenvalue weighted by molar-refractivity contribution is 7.99. The molecule has 0 radical (unpaired) electrons. The number of carbonyl (C=O) groups is 1. The molecule has 1 fully saturated rings. The van der Waals surface area contributed by atoms with Gasteiger partial charge in [-0.2, -0.15) is 0 Å². The van der Waals surface area contributed by atoms with Gasteiger partial charge in [-0.15, -0.1) is 0 Å². The zero-order valence-corrected chi connectivity index (χ0v) is 16.9. The van der Waals surface area contributed by atoms with Gasteiger partial charge in [0.05, 0.1) is 29.9 Å². The molecule has 150 valence electrons. The number of aromatic nitrogens is 2. The van der Waals surface area contributed by atoms with Gasteiger partial charge in [-0.3, -0.25) is 14.2 Å². The Morgan fingerprint density at radius 2 is 1.86 bits per heavy atom. The van der Waals surface area contributed by atoms with Crippen molar-refractivity contribution in [2.24, 2.45) is 7.05 Å². The maximum Gasteiger partial charge on any atom is 0.261 e. The lowest BCUT2D eigenvalue weighted by Crippen LogP contribution is -2.36. The van der Waals surface area contributed by atoms with Crippen LogP contribution in [-0.4, -0.2) is 47.5 Å². The molecule has 1 aromatic heterocycles. The van der Waals surface area contributed by atoms with E-state index in [9.17, 15) is 9.59 Å². The number of anilines is 2. The van der Waals surface area contributed by atoms with Crippen LogP contribution >= 0.6 is 11.8 Å². The number of hydrogen-bond donors (Lipinski definition) is 1. The first-order valence-corrected chi connectivity index (χ1v) is 10.4. The molecule has 4 rings (SSSR count). The van der Waals surface area contributed by atoms with Crippen molar-refractivity contribution in [3.05, 3.63) is 58.9 Å². The van der Waals surface area contributed by atoms with E-state index in [2.05, 4.69) is 15.2 Å². The quantitative estimate of drug-likeness (QED) is 0.515. The lowest BCUT2D eigenvalue weighted by molar-refractivity contribution is -0.113. The summed E-state index contributed by atoms with van der Waals surface area (Å²) in [5, 5.41) is 3.99. The van der Waals surface area contributed by atoms with E-state index in [4.69, 9.17) is 4.74 Å². The molecule has 0 saturated carbocycles. The molecule has 0 aliphatic carbocycles. The summed E-state index contributed by atoms with van der Waals surface area (Å²) in [6, 6.07) is 15.0. The zero-order chi connectivity index (χ0) is 20.2. The van der Waals surface area contributed by atoms with Crippen molar-refractivity contribution in [1.29, 1.82) is 0 Å². The van der Waals surface area contributed by atoms with Crippen LogP contribution in [0.4, 0.5) is 11.4 Å². The third-order valence-corrected chi connectivity index (χ3v) is 5.83. The van der Waals surface area contributed by atoms with E-state index < -0.39 is 0 Å². The number of morpholine rings is 1. The van der Waals surface area contributed by atoms with Gasteiger partial charge in [0, 0.05) is 31.5 Å². The van der Waals surface area contributed by atoms with Crippen molar-refractivity contribution >= 4 is 39.9 Å². The van der Waals surface area contributed by atoms with Gasteiger partial charge in [-0.25, -0.2) is 4.98 Å². The number of benzene rings is 2. The van der Waals surface area contributed by atoms with Crippen LogP contribution in [0.15, 0.2) is 58.5 Å². The molecule has 1 saturated heterocycles. The highest BCUT2D eigenvalue weighted by Crippen LogP contribution is 2.20. The van der Waals surface area contributed by atoms with E-state index in [1.54, 1.807) is 19.2 Å². The van der Waals surface area contributed by atoms with Crippen LogP contribution in [0.3, 0.4) is 0 Å². The van der Waals surface area contributed by atoms with Crippen LogP contribution < -0.4 is 15.8 Å². The summed E-state index contributed by atoms with van der Waals surface area (Å²) in [4.78, 5) is 31.6. The first-order valence-electron chi connectivity index (χ1n) is 9.43. The number of amides is 1. The fourth-order valence-electron chi connectivity index (χ4n) is 3.23. The Labute approximate surface area is 172 Å². The molecular formula is C21H22N4O3S. The molecule has 29 heavy (non-hydrogen) atoms. The number of ether oxygens (including phenoxy) is 1. The van der Waals surface area contributed by atoms with E-state index >= 15 is 0 Å². The smallest absolute Gasteiger partial charge is 0.261 e. The summed E-state index contributed by atoms with van der Waals surface area (Å²) in [5.74, 6) is 0.0284. The number of hydrogen-bond acceptors (Lipinski definition) is 6. The topological polar surface area (TPSA) is 76.5 Å². The molecule has 1 amide bonds. The average Bonchev–Trinajstić information content (AvgIpc) is 2.76. The lowest BCUT2D eigenvalue weighted by Gasteiger charge is -2.28. The molecule has 0 atom stereocenters. The molecule has 2 aromatic carbocycles. The molecule has 7 nitrogen and oxygen atoms in total. The van der Waals surface area contributed by atoms with E-state index in [0.717, 1.165) is 37.7 Å². The number of carbonyl (C=O) groups excluding carboxylic acids is 1. The fraction of sp³-hybridized carbons (Fsp3) is 0.286. The Kier molecular flexibility index (Phi) is 5.82. The minimum Gasteiger partial charge on any atom is -0.378 e. The number of nitrogens with zero attached hydrogens (tertiary/aromatic N) is 3. The van der Waals surface area contributed by atoms with Gasteiger partial charge in [0.1, 0.15) is 0 Å². The van der Waals surface area contributed by atoms with E-state index in [1.165, 1.54) is 16.3 Å². The molecule has 8 heteroatoms. The molecule has 1 aliphatic rings. The van der Waals surface area contributed by atoms with Gasteiger partial charge in [0.2, 0.25) is 5.91 Å². The highest BCUT2D eigenvalue weighted by atomic mass is 32.2. The standard InChI is InChI=1S/C21H22N4O3S/c1-24-20(27)17-4-2-3-5-18(17)23-21(24)29-14-19(26)22-15-6-8-16(9-7-15)25-10-12-28-13-11-25/h2-9H,10-14H2,1H3,(H,22,26). The third kappa shape index (κ3) is 4.44. The SMILES string of the molecule is Cn1c(SCC(=O)Nc2ccc(N3CCOCC3)cc2)nc2ccccc2c1=O. The van der Waals surface area contributed by atoms with Crippen LogP contribution in [0.2, 0.25) is 0 Å². The van der Waals surface area contributed by atoms with Crippen molar-refractivity contribution in [2.45, 2.75) is 5.16 Å². The number of nitrogens with one attached hydrogen (secondary N) is 1. The number of para-hydroxylation sites is 1. The maximum absolute atomic E-state index is 12.4. The van der Waals surface area contributed by atoms with Crippen LogP contribution in [-0.2, 0) is 16.6 Å². The predicted octanol–water partition coefficient (Wildman–Crippen LogP) is 2.50. The second kappa shape index (κ2) is 8.67. The molecular weight excluding hydrogens is 388 g/mol. The number of fused-ring (bicyclic) bond motifs is 1. The summed E-state index contributed by atoms with van der Waals surface area (Å²) in [7, 11) is 1.67. The largest absolute Gasteiger partial charge is 0.378 e. The van der Waals surface area contributed by atoms with Gasteiger partial charge >= 0.3 is 0 Å². The van der Waals surface area contributed by atoms with Crippen LogP contribution in [0.5, 0.6) is 0 Å². The Bertz CT molecular complexity index is 1080. The van der Waals surface area contributed by atoms with Gasteiger partial charge in [0.15, 0.2) is 5.16 Å².